The van der Waals surface area contributed by atoms with Gasteiger partial charge < -0.3 is 4.90 Å². The fourth-order valence-electron chi connectivity index (χ4n) is 5.17. The Kier molecular flexibility index (Phi) is 5.29. The molecule has 4 heterocycles. The summed E-state index contributed by atoms with van der Waals surface area (Å²) < 4.78 is 30.3. The number of pyridine rings is 1. The molecule has 2 aliphatic heterocycles. The molecule has 0 saturated carbocycles. The topological polar surface area (TPSA) is 87.9 Å². The van der Waals surface area contributed by atoms with Gasteiger partial charge in [-0.2, -0.15) is 0 Å². The number of likely N-dealkylation sites (tertiary alicyclic amines) is 1. The fourth-order valence-corrected chi connectivity index (χ4v) is 6.72. The highest BCUT2D eigenvalue weighted by Crippen LogP contribution is 2.33. The third-order valence-electron chi connectivity index (χ3n) is 6.93. The van der Waals surface area contributed by atoms with Gasteiger partial charge in [-0.1, -0.05) is 30.3 Å². The van der Waals surface area contributed by atoms with Crippen molar-refractivity contribution in [3.63, 3.8) is 0 Å². The molecule has 1 amide bonds. The lowest BCUT2D eigenvalue weighted by molar-refractivity contribution is 0.0704. The van der Waals surface area contributed by atoms with Crippen LogP contribution in [0, 0.1) is 0 Å². The van der Waals surface area contributed by atoms with Crippen molar-refractivity contribution in [3.8, 4) is 0 Å². The van der Waals surface area contributed by atoms with E-state index in [1.807, 2.05) is 53.1 Å². The number of carbonyl (C=O) groups is 1. The Morgan fingerprint density at radius 2 is 1.80 bits per heavy atom. The van der Waals surface area contributed by atoms with Crippen molar-refractivity contribution in [2.75, 3.05) is 23.9 Å². The second-order valence-electron chi connectivity index (χ2n) is 9.06. The van der Waals surface area contributed by atoms with E-state index in [1.165, 1.54) is 10.4 Å². The molecule has 1 saturated heterocycles. The Bertz CT molecular complexity index is 1530. The van der Waals surface area contributed by atoms with Crippen LogP contribution in [-0.4, -0.2) is 53.5 Å². The molecule has 0 unspecified atom stereocenters. The molecule has 35 heavy (non-hydrogen) atoms. The van der Waals surface area contributed by atoms with Gasteiger partial charge in [-0.3, -0.25) is 13.5 Å². The predicted molar refractivity (Wildman–Crippen MR) is 132 cm³/mol. The van der Waals surface area contributed by atoms with Gasteiger partial charge in [0.1, 0.15) is 5.82 Å². The monoisotopic (exact) mass is 487 g/mol. The minimum absolute atomic E-state index is 0.0677. The van der Waals surface area contributed by atoms with Crippen LogP contribution in [0.15, 0.2) is 77.8 Å². The Morgan fingerprint density at radius 3 is 2.71 bits per heavy atom. The van der Waals surface area contributed by atoms with E-state index in [9.17, 15) is 13.2 Å². The standard InChI is InChI=1S/C26H25N5O3S/c32-26(29-14-6-9-21(18-29)25-28-27-24-12-3-4-15-30(24)25)20-8-5-10-22(17-20)35(33,34)31-16-13-19-7-1-2-11-23(19)31/h1-5,7-8,10-12,15,17,21H,6,9,13-14,16,18H2/t21-/m0/s1. The molecule has 0 bridgehead atoms. The van der Waals surface area contributed by atoms with Gasteiger partial charge in [0, 0.05) is 37.3 Å². The maximum Gasteiger partial charge on any atom is 0.264 e. The van der Waals surface area contributed by atoms with Crippen LogP contribution >= 0.6 is 0 Å². The summed E-state index contributed by atoms with van der Waals surface area (Å²) in [5.41, 5.74) is 2.89. The van der Waals surface area contributed by atoms with Crippen LogP contribution in [0.1, 0.15) is 40.5 Å². The number of fused-ring (bicyclic) bond motifs is 2. The summed E-state index contributed by atoms with van der Waals surface area (Å²) in [6, 6.07) is 19.7. The minimum Gasteiger partial charge on any atom is -0.338 e. The van der Waals surface area contributed by atoms with Crippen LogP contribution in [0.4, 0.5) is 5.69 Å². The molecule has 178 valence electrons. The van der Waals surface area contributed by atoms with Gasteiger partial charge >= 0.3 is 0 Å². The third kappa shape index (κ3) is 3.76. The molecule has 4 aromatic rings. The number of rotatable bonds is 4. The summed E-state index contributed by atoms with van der Waals surface area (Å²) in [5.74, 6) is 0.752. The quantitative estimate of drug-likeness (QED) is 0.440. The molecule has 0 N–H and O–H groups in total. The highest BCUT2D eigenvalue weighted by atomic mass is 32.2. The maximum absolute atomic E-state index is 13.5. The van der Waals surface area contributed by atoms with E-state index in [-0.39, 0.29) is 16.7 Å². The molecule has 2 aliphatic rings. The van der Waals surface area contributed by atoms with Crippen molar-refractivity contribution in [2.24, 2.45) is 0 Å². The molecule has 0 spiro atoms. The lowest BCUT2D eigenvalue weighted by Crippen LogP contribution is -2.39. The van der Waals surface area contributed by atoms with Crippen molar-refractivity contribution in [2.45, 2.75) is 30.1 Å². The van der Waals surface area contributed by atoms with Gasteiger partial charge in [0.25, 0.3) is 15.9 Å². The van der Waals surface area contributed by atoms with Crippen LogP contribution in [0.2, 0.25) is 0 Å². The average molecular weight is 488 g/mol. The van der Waals surface area contributed by atoms with Crippen LogP contribution in [0.5, 0.6) is 0 Å². The van der Waals surface area contributed by atoms with E-state index in [0.29, 0.717) is 37.3 Å². The highest BCUT2D eigenvalue weighted by molar-refractivity contribution is 7.92. The van der Waals surface area contributed by atoms with Crippen LogP contribution in [-0.2, 0) is 16.4 Å². The van der Waals surface area contributed by atoms with E-state index >= 15 is 0 Å². The first-order chi connectivity index (χ1) is 17.0. The zero-order chi connectivity index (χ0) is 24.0. The van der Waals surface area contributed by atoms with Crippen molar-refractivity contribution in [3.05, 3.63) is 89.9 Å². The number of aromatic nitrogens is 3. The molecule has 2 aromatic carbocycles. The minimum atomic E-state index is -3.77. The Morgan fingerprint density at radius 1 is 0.943 bits per heavy atom. The number of benzene rings is 2. The molecule has 0 aliphatic carbocycles. The Balaban J connectivity index is 1.25. The number of piperidine rings is 1. The molecule has 0 radical (unpaired) electrons. The first-order valence-electron chi connectivity index (χ1n) is 11.8. The van der Waals surface area contributed by atoms with Crippen LogP contribution in [0.3, 0.4) is 0 Å². The van der Waals surface area contributed by atoms with Gasteiger partial charge in [-0.05, 0) is 61.2 Å². The number of anilines is 1. The number of nitrogens with zero attached hydrogens (tertiary/aromatic N) is 5. The van der Waals surface area contributed by atoms with Gasteiger partial charge in [-0.15, -0.1) is 10.2 Å². The van der Waals surface area contributed by atoms with Crippen molar-refractivity contribution >= 4 is 27.3 Å². The summed E-state index contributed by atoms with van der Waals surface area (Å²) in [6.07, 6.45) is 4.39. The maximum atomic E-state index is 13.5. The van der Waals surface area contributed by atoms with Gasteiger partial charge in [-0.25, -0.2) is 8.42 Å². The number of para-hydroxylation sites is 1. The molecular formula is C26H25N5O3S. The molecule has 1 fully saturated rings. The summed E-state index contributed by atoms with van der Waals surface area (Å²) >= 11 is 0. The first kappa shape index (κ1) is 21.8. The van der Waals surface area contributed by atoms with Crippen LogP contribution < -0.4 is 4.31 Å². The summed E-state index contributed by atoms with van der Waals surface area (Å²) in [4.78, 5) is 15.4. The van der Waals surface area contributed by atoms with Crippen molar-refractivity contribution < 1.29 is 13.2 Å². The second-order valence-corrected chi connectivity index (χ2v) is 10.9. The molecular weight excluding hydrogens is 462 g/mol. The number of hydrogen-bond donors (Lipinski definition) is 0. The van der Waals surface area contributed by atoms with Gasteiger partial charge in [0.2, 0.25) is 0 Å². The van der Waals surface area contributed by atoms with E-state index in [2.05, 4.69) is 10.2 Å². The number of sulfonamides is 1. The first-order valence-corrected chi connectivity index (χ1v) is 13.3. The van der Waals surface area contributed by atoms with E-state index in [1.54, 1.807) is 23.1 Å². The zero-order valence-electron chi connectivity index (χ0n) is 19.1. The average Bonchev–Trinajstić information content (AvgIpc) is 3.53. The smallest absolute Gasteiger partial charge is 0.264 e. The Labute approximate surface area is 203 Å². The third-order valence-corrected chi connectivity index (χ3v) is 8.74. The van der Waals surface area contributed by atoms with E-state index in [4.69, 9.17) is 0 Å². The normalized spacial score (nSPS) is 18.1. The predicted octanol–water partition coefficient (Wildman–Crippen LogP) is 3.50. The summed E-state index contributed by atoms with van der Waals surface area (Å²) in [5, 5.41) is 8.64. The van der Waals surface area contributed by atoms with Crippen molar-refractivity contribution in [1.82, 2.24) is 19.5 Å². The van der Waals surface area contributed by atoms with Gasteiger partial charge in [0.05, 0.1) is 10.6 Å². The highest BCUT2D eigenvalue weighted by Gasteiger charge is 2.32. The van der Waals surface area contributed by atoms with E-state index in [0.717, 1.165) is 29.9 Å². The van der Waals surface area contributed by atoms with Crippen LogP contribution in [0.25, 0.3) is 5.65 Å². The van der Waals surface area contributed by atoms with E-state index < -0.39 is 10.0 Å². The fraction of sp³-hybridized carbons (Fsp3) is 0.269. The lowest BCUT2D eigenvalue weighted by Gasteiger charge is -2.32. The Hall–Kier alpha value is -3.72. The number of carbonyl (C=O) groups excluding carboxylic acids is 1. The lowest BCUT2D eigenvalue weighted by atomic mass is 9.96. The second kappa shape index (κ2) is 8.49. The van der Waals surface area contributed by atoms with Crippen molar-refractivity contribution in [1.29, 1.82) is 0 Å². The zero-order valence-corrected chi connectivity index (χ0v) is 19.9. The molecule has 6 rings (SSSR count). The molecule has 9 heteroatoms. The molecule has 1 atom stereocenters. The molecule has 2 aromatic heterocycles. The SMILES string of the molecule is O=C(c1cccc(S(=O)(=O)N2CCc3ccccc32)c1)N1CCC[C@H](c2nnc3ccccn23)C1. The number of amides is 1. The largest absolute Gasteiger partial charge is 0.338 e. The van der Waals surface area contributed by atoms with Gasteiger partial charge in [0.15, 0.2) is 5.65 Å². The summed E-state index contributed by atoms with van der Waals surface area (Å²) in [7, 11) is -3.77. The molecule has 8 nitrogen and oxygen atoms in total. The summed E-state index contributed by atoms with van der Waals surface area (Å²) in [6.45, 7) is 1.55. The number of hydrogen-bond acceptors (Lipinski definition) is 5.